The largest absolute Gasteiger partial charge is 0.444 e. The van der Waals surface area contributed by atoms with Gasteiger partial charge >= 0.3 is 6.09 Å². The SMILES string of the molecule is CCNC(=NCc1ccc(CN(C)C(=O)OC(C)(C)C)cc1)NCCCc1nc(C)no1.I. The molecule has 2 rings (SSSR count). The molecule has 1 aromatic heterocycles. The number of nitrogens with one attached hydrogen (secondary N) is 2. The molecule has 0 radical (unpaired) electrons. The summed E-state index contributed by atoms with van der Waals surface area (Å²) < 4.78 is 10.5. The predicted molar refractivity (Wildman–Crippen MR) is 140 cm³/mol. The summed E-state index contributed by atoms with van der Waals surface area (Å²) in [5, 5.41) is 10.4. The molecular weight excluding hydrogens is 535 g/mol. The van der Waals surface area contributed by atoms with Crippen molar-refractivity contribution in [3.63, 3.8) is 0 Å². The van der Waals surface area contributed by atoms with Crippen LogP contribution in [0.3, 0.4) is 0 Å². The van der Waals surface area contributed by atoms with E-state index in [-0.39, 0.29) is 30.1 Å². The van der Waals surface area contributed by atoms with Crippen molar-refractivity contribution in [3.05, 3.63) is 47.1 Å². The van der Waals surface area contributed by atoms with Crippen molar-refractivity contribution in [1.82, 2.24) is 25.7 Å². The first-order valence-corrected chi connectivity index (χ1v) is 11.0. The normalized spacial score (nSPS) is 11.5. The van der Waals surface area contributed by atoms with E-state index in [1.807, 2.05) is 58.9 Å². The lowest BCUT2D eigenvalue weighted by Gasteiger charge is -2.24. The summed E-state index contributed by atoms with van der Waals surface area (Å²) in [4.78, 5) is 22.5. The first-order valence-electron chi connectivity index (χ1n) is 11.0. The molecule has 0 atom stereocenters. The highest BCUT2D eigenvalue weighted by Crippen LogP contribution is 2.12. The molecule has 0 aliphatic rings. The Bertz CT molecular complexity index is 877. The number of amides is 1. The van der Waals surface area contributed by atoms with Gasteiger partial charge in [0.15, 0.2) is 11.8 Å². The van der Waals surface area contributed by atoms with Gasteiger partial charge in [-0.15, -0.1) is 24.0 Å². The number of carbonyl (C=O) groups is 1. The Morgan fingerprint density at radius 2 is 1.85 bits per heavy atom. The summed E-state index contributed by atoms with van der Waals surface area (Å²) in [5.74, 6) is 2.08. The maximum atomic E-state index is 12.1. The molecule has 0 saturated carbocycles. The van der Waals surface area contributed by atoms with Crippen molar-refractivity contribution in [2.24, 2.45) is 4.99 Å². The monoisotopic (exact) mass is 572 g/mol. The number of aliphatic imine (C=N–C) groups is 1. The molecule has 10 heteroatoms. The van der Waals surface area contributed by atoms with E-state index < -0.39 is 5.60 Å². The van der Waals surface area contributed by atoms with Crippen LogP contribution in [0.5, 0.6) is 0 Å². The van der Waals surface area contributed by atoms with Crippen LogP contribution >= 0.6 is 24.0 Å². The van der Waals surface area contributed by atoms with Crippen LogP contribution in [0.1, 0.15) is 57.0 Å². The quantitative estimate of drug-likeness (QED) is 0.202. The van der Waals surface area contributed by atoms with E-state index in [1.165, 1.54) is 0 Å². The standard InChI is InChI=1S/C23H36N6O3.HI/c1-7-24-21(25-14-8-9-20-27-17(2)28-32-20)26-15-18-10-12-19(13-11-18)16-29(6)22(30)31-23(3,4)5;/h10-13H,7-9,14-16H2,1-6H3,(H2,24,25,26);1H. The molecule has 0 aliphatic heterocycles. The number of rotatable bonds is 9. The molecule has 0 unspecified atom stereocenters. The van der Waals surface area contributed by atoms with Gasteiger partial charge < -0.3 is 24.8 Å². The van der Waals surface area contributed by atoms with E-state index in [0.717, 1.165) is 43.0 Å². The highest BCUT2D eigenvalue weighted by molar-refractivity contribution is 14.0. The van der Waals surface area contributed by atoms with Gasteiger partial charge in [-0.05, 0) is 52.2 Å². The van der Waals surface area contributed by atoms with Crippen molar-refractivity contribution in [2.75, 3.05) is 20.1 Å². The van der Waals surface area contributed by atoms with Gasteiger partial charge in [0.05, 0.1) is 6.54 Å². The van der Waals surface area contributed by atoms with E-state index in [2.05, 4.69) is 25.8 Å². The first kappa shape index (κ1) is 28.7. The smallest absolute Gasteiger partial charge is 0.410 e. The Balaban J connectivity index is 0.00000544. The van der Waals surface area contributed by atoms with E-state index >= 15 is 0 Å². The third-order valence-corrected chi connectivity index (χ3v) is 4.34. The Kier molecular flexibility index (Phi) is 12.2. The Hall–Kier alpha value is -2.37. The van der Waals surface area contributed by atoms with Crippen LogP contribution in [-0.4, -0.2) is 52.8 Å². The second-order valence-electron chi connectivity index (χ2n) is 8.61. The van der Waals surface area contributed by atoms with E-state index in [1.54, 1.807) is 11.9 Å². The number of carbonyl (C=O) groups excluding carboxylic acids is 1. The lowest BCUT2D eigenvalue weighted by Crippen LogP contribution is -2.37. The number of guanidine groups is 1. The minimum absolute atomic E-state index is 0. The van der Waals surface area contributed by atoms with E-state index in [4.69, 9.17) is 9.26 Å². The van der Waals surface area contributed by atoms with Gasteiger partial charge in [-0.3, -0.25) is 0 Å². The summed E-state index contributed by atoms with van der Waals surface area (Å²) in [5.41, 5.74) is 1.62. The Morgan fingerprint density at radius 1 is 1.18 bits per heavy atom. The first-order chi connectivity index (χ1) is 15.2. The van der Waals surface area contributed by atoms with Crippen molar-refractivity contribution in [1.29, 1.82) is 0 Å². The lowest BCUT2D eigenvalue weighted by molar-refractivity contribution is 0.0285. The number of aryl methyl sites for hydroxylation is 2. The molecule has 1 aromatic carbocycles. The van der Waals surface area contributed by atoms with Gasteiger partial charge in [-0.25, -0.2) is 9.79 Å². The predicted octanol–water partition coefficient (Wildman–Crippen LogP) is 4.05. The molecule has 0 spiro atoms. The summed E-state index contributed by atoms with van der Waals surface area (Å²) in [7, 11) is 1.74. The molecule has 0 fully saturated rings. The van der Waals surface area contributed by atoms with Crippen molar-refractivity contribution >= 4 is 36.0 Å². The van der Waals surface area contributed by atoms with E-state index in [0.29, 0.717) is 24.8 Å². The number of nitrogens with zero attached hydrogens (tertiary/aromatic N) is 4. The molecule has 1 heterocycles. The lowest BCUT2D eigenvalue weighted by atomic mass is 10.1. The number of benzene rings is 1. The third-order valence-electron chi connectivity index (χ3n) is 4.34. The Labute approximate surface area is 213 Å². The van der Waals surface area contributed by atoms with E-state index in [9.17, 15) is 4.79 Å². The second-order valence-corrected chi connectivity index (χ2v) is 8.61. The zero-order chi connectivity index (χ0) is 23.6. The van der Waals surface area contributed by atoms with Crippen molar-refractivity contribution in [3.8, 4) is 0 Å². The molecule has 2 N–H and O–H groups in total. The van der Waals surface area contributed by atoms with Gasteiger partial charge in [-0.2, -0.15) is 4.98 Å². The van der Waals surface area contributed by atoms with Gasteiger partial charge in [0.25, 0.3) is 0 Å². The maximum absolute atomic E-state index is 12.1. The van der Waals surface area contributed by atoms with Crippen LogP contribution in [0.2, 0.25) is 0 Å². The summed E-state index contributed by atoms with van der Waals surface area (Å²) >= 11 is 0. The summed E-state index contributed by atoms with van der Waals surface area (Å²) in [6.07, 6.45) is 1.26. The molecule has 2 aromatic rings. The fraction of sp³-hybridized carbons (Fsp3) is 0.565. The third kappa shape index (κ3) is 11.4. The minimum atomic E-state index is -0.503. The van der Waals surface area contributed by atoms with Crippen LogP contribution in [0.25, 0.3) is 0 Å². The molecule has 0 bridgehead atoms. The molecule has 0 aliphatic carbocycles. The van der Waals surface area contributed by atoms with Crippen molar-refractivity contribution in [2.45, 2.75) is 66.2 Å². The van der Waals surface area contributed by atoms with Gasteiger partial charge in [-0.1, -0.05) is 29.4 Å². The number of hydrogen-bond donors (Lipinski definition) is 2. The molecule has 1 amide bonds. The second kappa shape index (κ2) is 14.0. The zero-order valence-corrected chi connectivity index (χ0v) is 22.8. The molecule has 0 saturated heterocycles. The molecule has 9 nitrogen and oxygen atoms in total. The number of aromatic nitrogens is 2. The molecule has 184 valence electrons. The van der Waals surface area contributed by atoms with Gasteiger partial charge in [0, 0.05) is 33.1 Å². The highest BCUT2D eigenvalue weighted by atomic mass is 127. The highest BCUT2D eigenvalue weighted by Gasteiger charge is 2.19. The maximum Gasteiger partial charge on any atom is 0.410 e. The zero-order valence-electron chi connectivity index (χ0n) is 20.5. The number of halogens is 1. The molecule has 33 heavy (non-hydrogen) atoms. The number of ether oxygens (including phenoxy) is 1. The fourth-order valence-electron chi connectivity index (χ4n) is 2.83. The minimum Gasteiger partial charge on any atom is -0.444 e. The molecular formula is C23H37IN6O3. The summed E-state index contributed by atoms with van der Waals surface area (Å²) in [6, 6.07) is 8.09. The average molecular weight is 572 g/mol. The van der Waals surface area contributed by atoms with Crippen molar-refractivity contribution < 1.29 is 14.1 Å². The van der Waals surface area contributed by atoms with Crippen LogP contribution in [0, 0.1) is 6.92 Å². The van der Waals surface area contributed by atoms with Crippen LogP contribution < -0.4 is 10.6 Å². The average Bonchev–Trinajstić information content (AvgIpc) is 3.14. The number of hydrogen-bond acceptors (Lipinski definition) is 6. The Morgan fingerprint density at radius 3 is 2.42 bits per heavy atom. The summed E-state index contributed by atoms with van der Waals surface area (Å²) in [6.45, 7) is 12.0. The van der Waals surface area contributed by atoms with Crippen LogP contribution in [-0.2, 0) is 24.2 Å². The van der Waals surface area contributed by atoms with Crippen LogP contribution in [0.15, 0.2) is 33.8 Å². The fourth-order valence-corrected chi connectivity index (χ4v) is 2.83. The van der Waals surface area contributed by atoms with Crippen LogP contribution in [0.4, 0.5) is 4.79 Å². The van der Waals surface area contributed by atoms with Gasteiger partial charge in [0.1, 0.15) is 5.60 Å². The van der Waals surface area contributed by atoms with Gasteiger partial charge in [0.2, 0.25) is 5.89 Å². The topological polar surface area (TPSA) is 105 Å².